The van der Waals surface area contributed by atoms with Crippen molar-refractivity contribution in [3.8, 4) is 0 Å². The second-order valence-corrected chi connectivity index (χ2v) is 7.31. The number of hydrogen-bond donors (Lipinski definition) is 1. The van der Waals surface area contributed by atoms with Crippen LogP contribution in [0.4, 0.5) is 0 Å². The predicted octanol–water partition coefficient (Wildman–Crippen LogP) is 6.86. The van der Waals surface area contributed by atoms with Crippen LogP contribution in [-0.4, -0.2) is 23.7 Å². The number of carbonyl (C=O) groups excluding carboxylic acids is 1. The number of aromatic carboxylic acids is 1. The van der Waals surface area contributed by atoms with Gasteiger partial charge in [-0.05, 0) is 77.0 Å². The van der Waals surface area contributed by atoms with Crippen LogP contribution >= 0.6 is 23.2 Å². The highest BCUT2D eigenvalue weighted by molar-refractivity contribution is 6.31. The maximum absolute atomic E-state index is 11.5. The summed E-state index contributed by atoms with van der Waals surface area (Å²) in [7, 11) is 0. The van der Waals surface area contributed by atoms with Crippen LogP contribution in [-0.2, 0) is 4.74 Å². The lowest BCUT2D eigenvalue weighted by Crippen LogP contribution is -2.04. The summed E-state index contributed by atoms with van der Waals surface area (Å²) in [4.78, 5) is 22.2. The van der Waals surface area contributed by atoms with E-state index in [4.69, 9.17) is 33.0 Å². The molecule has 4 aromatic rings. The predicted molar refractivity (Wildman–Crippen MR) is 121 cm³/mol. The van der Waals surface area contributed by atoms with Gasteiger partial charge in [-0.15, -0.1) is 0 Å². The van der Waals surface area contributed by atoms with Crippen molar-refractivity contribution >= 4 is 56.7 Å². The van der Waals surface area contributed by atoms with Gasteiger partial charge in [-0.3, -0.25) is 0 Å². The van der Waals surface area contributed by atoms with Crippen molar-refractivity contribution in [2.75, 3.05) is 6.61 Å². The molecule has 4 rings (SSSR count). The van der Waals surface area contributed by atoms with Crippen molar-refractivity contribution in [3.05, 3.63) is 94.0 Å². The number of fused-ring (bicyclic) bond motifs is 2. The number of carbonyl (C=O) groups is 2. The monoisotopic (exact) mass is 440 g/mol. The molecule has 0 heterocycles. The minimum atomic E-state index is -0.924. The Bertz CT molecular complexity index is 1230. The van der Waals surface area contributed by atoms with Crippen molar-refractivity contribution in [2.24, 2.45) is 0 Å². The lowest BCUT2D eigenvalue weighted by Gasteiger charge is -2.03. The van der Waals surface area contributed by atoms with E-state index < -0.39 is 5.97 Å². The number of carboxylic acid groups (broad SMARTS) is 1. The number of benzene rings is 4. The number of halogens is 2. The largest absolute Gasteiger partial charge is 0.478 e. The maximum atomic E-state index is 11.5. The Balaban J connectivity index is 0.000000172. The van der Waals surface area contributed by atoms with Crippen molar-refractivity contribution in [1.29, 1.82) is 0 Å². The number of hydrogen-bond acceptors (Lipinski definition) is 3. The molecule has 0 saturated carbocycles. The summed E-state index contributed by atoms with van der Waals surface area (Å²) < 4.78 is 4.94. The van der Waals surface area contributed by atoms with Crippen LogP contribution in [0.15, 0.2) is 72.8 Å². The van der Waals surface area contributed by atoms with Crippen LogP contribution in [0, 0.1) is 0 Å². The smallest absolute Gasteiger partial charge is 0.338 e. The zero-order valence-electron chi connectivity index (χ0n) is 16.1. The van der Waals surface area contributed by atoms with Gasteiger partial charge < -0.3 is 9.84 Å². The van der Waals surface area contributed by atoms with E-state index in [-0.39, 0.29) is 11.5 Å². The average Bonchev–Trinajstić information content (AvgIpc) is 2.73. The average molecular weight is 441 g/mol. The van der Waals surface area contributed by atoms with Crippen LogP contribution in [0.25, 0.3) is 21.5 Å². The van der Waals surface area contributed by atoms with E-state index in [0.717, 1.165) is 21.5 Å². The first-order valence-corrected chi connectivity index (χ1v) is 9.92. The molecule has 0 spiro atoms. The molecule has 0 fully saturated rings. The van der Waals surface area contributed by atoms with E-state index >= 15 is 0 Å². The second kappa shape index (κ2) is 9.61. The van der Waals surface area contributed by atoms with E-state index in [9.17, 15) is 9.59 Å². The Kier molecular flexibility index (Phi) is 6.93. The first-order chi connectivity index (χ1) is 14.4. The Labute approximate surface area is 183 Å². The fourth-order valence-electron chi connectivity index (χ4n) is 2.91. The molecule has 152 valence electrons. The molecule has 0 aromatic heterocycles. The molecule has 4 nitrogen and oxygen atoms in total. The van der Waals surface area contributed by atoms with E-state index in [1.165, 1.54) is 0 Å². The molecule has 1 N–H and O–H groups in total. The summed E-state index contributed by atoms with van der Waals surface area (Å²) in [5.74, 6) is -1.23. The van der Waals surface area contributed by atoms with E-state index in [1.54, 1.807) is 49.4 Å². The number of rotatable bonds is 3. The molecular formula is C24H18Cl2O4. The Hall–Kier alpha value is -3.08. The highest BCUT2D eigenvalue weighted by atomic mass is 35.5. The van der Waals surface area contributed by atoms with Crippen molar-refractivity contribution in [3.63, 3.8) is 0 Å². The number of ether oxygens (including phenoxy) is 1. The van der Waals surface area contributed by atoms with Gasteiger partial charge >= 0.3 is 11.9 Å². The van der Waals surface area contributed by atoms with Gasteiger partial charge in [0.25, 0.3) is 0 Å². The van der Waals surface area contributed by atoms with Crippen molar-refractivity contribution in [1.82, 2.24) is 0 Å². The highest BCUT2D eigenvalue weighted by Crippen LogP contribution is 2.21. The van der Waals surface area contributed by atoms with Gasteiger partial charge in [-0.1, -0.05) is 47.5 Å². The fraction of sp³-hybridized carbons (Fsp3) is 0.0833. The summed E-state index contributed by atoms with van der Waals surface area (Å²) in [5.41, 5.74) is 0.830. The maximum Gasteiger partial charge on any atom is 0.338 e. The Morgan fingerprint density at radius 1 is 0.733 bits per heavy atom. The van der Waals surface area contributed by atoms with Crippen molar-refractivity contribution < 1.29 is 19.4 Å². The molecule has 4 aromatic carbocycles. The van der Waals surface area contributed by atoms with Gasteiger partial charge in [0, 0.05) is 10.0 Å². The van der Waals surface area contributed by atoms with E-state index in [1.807, 2.05) is 30.3 Å². The van der Waals surface area contributed by atoms with Gasteiger partial charge in [0.1, 0.15) is 0 Å². The van der Waals surface area contributed by atoms with E-state index in [2.05, 4.69) is 0 Å². The van der Waals surface area contributed by atoms with Crippen LogP contribution in [0.2, 0.25) is 10.0 Å². The molecule has 0 bridgehead atoms. The molecule has 0 atom stereocenters. The first kappa shape index (κ1) is 21.6. The molecule has 30 heavy (non-hydrogen) atoms. The third kappa shape index (κ3) is 5.29. The summed E-state index contributed by atoms with van der Waals surface area (Å²) in [5, 5.41) is 13.9. The summed E-state index contributed by atoms with van der Waals surface area (Å²) >= 11 is 11.7. The minimum Gasteiger partial charge on any atom is -0.478 e. The van der Waals surface area contributed by atoms with Gasteiger partial charge in [0.15, 0.2) is 0 Å². The zero-order valence-corrected chi connectivity index (χ0v) is 17.6. The molecule has 6 heteroatoms. The van der Waals surface area contributed by atoms with Gasteiger partial charge in [-0.2, -0.15) is 0 Å². The lowest BCUT2D eigenvalue weighted by atomic mass is 10.1. The first-order valence-electron chi connectivity index (χ1n) is 9.16. The second-order valence-electron chi connectivity index (χ2n) is 6.44. The number of esters is 1. The van der Waals surface area contributed by atoms with E-state index in [0.29, 0.717) is 22.2 Å². The van der Waals surface area contributed by atoms with Crippen LogP contribution in [0.1, 0.15) is 27.6 Å². The molecule has 0 unspecified atom stereocenters. The lowest BCUT2D eigenvalue weighted by molar-refractivity contribution is 0.0526. The normalized spacial score (nSPS) is 10.4. The van der Waals surface area contributed by atoms with Gasteiger partial charge in [0.2, 0.25) is 0 Å². The molecule has 0 saturated heterocycles. The summed E-state index contributed by atoms with van der Waals surface area (Å²) in [6, 6.07) is 21.4. The fourth-order valence-corrected chi connectivity index (χ4v) is 3.27. The SMILES string of the molecule is CCOC(=O)c1ccc2ccc(Cl)cc2c1.O=C(O)c1ccc2ccc(Cl)cc2c1. The topological polar surface area (TPSA) is 63.6 Å². The van der Waals surface area contributed by atoms with Crippen molar-refractivity contribution in [2.45, 2.75) is 6.92 Å². The molecule has 0 radical (unpaired) electrons. The molecule has 0 amide bonds. The molecule has 0 aliphatic carbocycles. The van der Waals surface area contributed by atoms with Crippen LogP contribution < -0.4 is 0 Å². The molecule has 0 aliphatic rings. The summed E-state index contributed by atoms with van der Waals surface area (Å²) in [6.07, 6.45) is 0. The Morgan fingerprint density at radius 2 is 1.20 bits per heavy atom. The van der Waals surface area contributed by atoms with Gasteiger partial charge in [0.05, 0.1) is 17.7 Å². The summed E-state index contributed by atoms with van der Waals surface area (Å²) in [6.45, 7) is 2.17. The van der Waals surface area contributed by atoms with Gasteiger partial charge in [-0.25, -0.2) is 9.59 Å². The Morgan fingerprint density at radius 3 is 1.70 bits per heavy atom. The zero-order chi connectivity index (χ0) is 21.7. The number of carboxylic acids is 1. The molecule has 0 aliphatic heterocycles. The third-order valence-corrected chi connectivity index (χ3v) is 4.83. The van der Waals surface area contributed by atoms with Crippen LogP contribution in [0.3, 0.4) is 0 Å². The minimum absolute atomic E-state index is 0.278. The quantitative estimate of drug-likeness (QED) is 0.353. The highest BCUT2D eigenvalue weighted by Gasteiger charge is 2.07. The third-order valence-electron chi connectivity index (χ3n) is 4.36. The standard InChI is InChI=1S/C13H11ClO2.C11H7ClO2/c1-2-16-13(15)10-4-3-9-5-6-12(14)8-11(9)7-10;12-10-4-3-7-1-2-8(11(13)14)5-9(7)6-10/h3-8H,2H2,1H3;1-6H,(H,13,14). The molecular weight excluding hydrogens is 423 g/mol. The van der Waals surface area contributed by atoms with Crippen LogP contribution in [0.5, 0.6) is 0 Å².